The third kappa shape index (κ3) is 9.59. The van der Waals surface area contributed by atoms with Crippen LogP contribution in [-0.4, -0.2) is 42.2 Å². The number of benzene rings is 3. The monoisotopic (exact) mass is 725 g/mol. The molecule has 0 bridgehead atoms. The number of hydrogen-bond acceptors (Lipinski definition) is 3. The number of carbonyl (C=O) groups excluding carboxylic acids is 1. The Morgan fingerprint density at radius 3 is 1.86 bits per heavy atom. The predicted molar refractivity (Wildman–Crippen MR) is 197 cm³/mol. The second kappa shape index (κ2) is 15.6. The molecule has 0 saturated carbocycles. The fourth-order valence-corrected chi connectivity index (χ4v) is 11.0. The lowest BCUT2D eigenvalue weighted by atomic mass is 10.2. The van der Waals surface area contributed by atoms with Crippen molar-refractivity contribution in [2.75, 3.05) is 24.8 Å². The number of anilines is 1. The number of allylic oxidation sites excluding steroid dienone is 3. The van der Waals surface area contributed by atoms with Gasteiger partial charge in [0.2, 0.25) is 0 Å². The minimum atomic E-state index is -2.85. The van der Waals surface area contributed by atoms with Crippen molar-refractivity contribution in [3.8, 4) is 0 Å². The zero-order valence-electron chi connectivity index (χ0n) is 27.1. The molecule has 0 fully saturated rings. The molecule has 0 heterocycles. The Balaban J connectivity index is 2.07. The van der Waals surface area contributed by atoms with Crippen molar-refractivity contribution < 1.29 is 14.0 Å². The van der Waals surface area contributed by atoms with Gasteiger partial charge < -0.3 is 9.16 Å². The van der Waals surface area contributed by atoms with Crippen LogP contribution >= 0.6 is 22.6 Å². The number of para-hydroxylation sites is 1. The van der Waals surface area contributed by atoms with Crippen LogP contribution in [0.25, 0.3) is 0 Å². The van der Waals surface area contributed by atoms with E-state index >= 15 is 0 Å². The standard InChI is InChI=1S/C36H48INO3Si2/c1-29(2)23-24-30(35(39)38(28-40-25-26-42(6,7)8)34-22-16-15-21-33(34)37)27-41-43(36(3,4)5,31-17-11-9-12-18-31)32-19-13-10-14-20-32/h9-24H,25-28H2,1-8H3/b30-24-. The number of carbonyl (C=O) groups is 1. The lowest BCUT2D eigenvalue weighted by Gasteiger charge is -2.43. The van der Waals surface area contributed by atoms with Crippen LogP contribution in [-0.2, 0) is 14.0 Å². The highest BCUT2D eigenvalue weighted by Crippen LogP contribution is 2.37. The molecule has 0 aromatic heterocycles. The lowest BCUT2D eigenvalue weighted by Crippen LogP contribution is -2.66. The predicted octanol–water partition coefficient (Wildman–Crippen LogP) is 8.41. The molecule has 3 aromatic rings. The van der Waals surface area contributed by atoms with E-state index in [2.05, 4.69) is 112 Å². The summed E-state index contributed by atoms with van der Waals surface area (Å²) in [5.74, 6) is -0.104. The minimum Gasteiger partial charge on any atom is -0.403 e. The molecule has 0 spiro atoms. The fraction of sp³-hybridized carbons (Fsp3) is 0.361. The van der Waals surface area contributed by atoms with Gasteiger partial charge >= 0.3 is 0 Å². The number of halogens is 1. The number of nitrogens with zero attached hydrogens (tertiary/aromatic N) is 1. The first-order chi connectivity index (χ1) is 20.3. The van der Waals surface area contributed by atoms with Crippen LogP contribution in [0.1, 0.15) is 34.6 Å². The Morgan fingerprint density at radius 1 is 0.837 bits per heavy atom. The van der Waals surface area contributed by atoms with Crippen molar-refractivity contribution in [2.45, 2.75) is 65.3 Å². The molecule has 1 amide bonds. The van der Waals surface area contributed by atoms with Crippen molar-refractivity contribution in [2.24, 2.45) is 0 Å². The zero-order valence-corrected chi connectivity index (χ0v) is 31.3. The van der Waals surface area contributed by atoms with Gasteiger partial charge in [-0.15, -0.1) is 0 Å². The molecule has 4 nitrogen and oxygen atoms in total. The van der Waals surface area contributed by atoms with Crippen molar-refractivity contribution in [3.63, 3.8) is 0 Å². The van der Waals surface area contributed by atoms with Crippen LogP contribution in [0, 0.1) is 3.57 Å². The van der Waals surface area contributed by atoms with E-state index in [0.717, 1.165) is 20.9 Å². The Bertz CT molecular complexity index is 1350. The first-order valence-corrected chi connectivity index (χ1v) is 21.7. The highest BCUT2D eigenvalue weighted by molar-refractivity contribution is 14.1. The summed E-state index contributed by atoms with van der Waals surface area (Å²) < 4.78 is 14.4. The maximum atomic E-state index is 14.5. The van der Waals surface area contributed by atoms with Crippen molar-refractivity contribution in [3.05, 3.63) is 112 Å². The average Bonchev–Trinajstić information content (AvgIpc) is 2.95. The number of hydrogen-bond donors (Lipinski definition) is 0. The van der Waals surface area contributed by atoms with Gasteiger partial charge in [-0.1, -0.05) is 131 Å². The number of amides is 1. The molecule has 0 unspecified atom stereocenters. The van der Waals surface area contributed by atoms with Gasteiger partial charge in [-0.25, -0.2) is 0 Å². The molecule has 230 valence electrons. The normalized spacial score (nSPS) is 12.6. The van der Waals surface area contributed by atoms with Gasteiger partial charge in [0.15, 0.2) is 0 Å². The van der Waals surface area contributed by atoms with Gasteiger partial charge in [0, 0.05) is 23.8 Å². The summed E-state index contributed by atoms with van der Waals surface area (Å²) in [6.07, 6.45) is 3.93. The summed E-state index contributed by atoms with van der Waals surface area (Å²) in [4.78, 5) is 16.3. The quantitative estimate of drug-likeness (QED) is 0.0444. The van der Waals surface area contributed by atoms with E-state index < -0.39 is 16.4 Å². The molecule has 0 N–H and O–H groups in total. The SMILES string of the molecule is CC(C)=C/C=C(/CO[Si](c1ccccc1)(c1ccccc1)C(C)(C)C)C(=O)N(COCC[Si](C)(C)C)c1ccccc1I. The molecular weight excluding hydrogens is 677 g/mol. The smallest absolute Gasteiger partial charge is 0.261 e. The average molecular weight is 726 g/mol. The molecule has 0 atom stereocenters. The van der Waals surface area contributed by atoms with Crippen LogP contribution in [0.4, 0.5) is 5.69 Å². The van der Waals surface area contributed by atoms with E-state index in [-0.39, 0.29) is 24.3 Å². The Kier molecular flexibility index (Phi) is 12.8. The molecule has 43 heavy (non-hydrogen) atoms. The van der Waals surface area contributed by atoms with Gasteiger partial charge in [0.1, 0.15) is 6.73 Å². The van der Waals surface area contributed by atoms with Crippen LogP contribution in [0.5, 0.6) is 0 Å². The summed E-state index contributed by atoms with van der Waals surface area (Å²) in [5, 5.41) is 2.17. The van der Waals surface area contributed by atoms with E-state index in [1.807, 2.05) is 62.4 Å². The minimum absolute atomic E-state index is 0.104. The second-order valence-electron chi connectivity index (χ2n) is 13.4. The first-order valence-electron chi connectivity index (χ1n) is 15.0. The van der Waals surface area contributed by atoms with E-state index in [4.69, 9.17) is 9.16 Å². The van der Waals surface area contributed by atoms with Crippen molar-refractivity contribution in [1.29, 1.82) is 0 Å². The van der Waals surface area contributed by atoms with Gasteiger partial charge in [-0.05, 0) is 70.0 Å². The van der Waals surface area contributed by atoms with Crippen molar-refractivity contribution in [1.82, 2.24) is 0 Å². The topological polar surface area (TPSA) is 38.8 Å². The Morgan fingerprint density at radius 2 is 1.37 bits per heavy atom. The number of rotatable bonds is 13. The van der Waals surface area contributed by atoms with Crippen LogP contribution in [0.15, 0.2) is 108 Å². The summed E-state index contributed by atoms with van der Waals surface area (Å²) in [6.45, 7) is 18.9. The van der Waals surface area contributed by atoms with Gasteiger partial charge in [0.25, 0.3) is 14.2 Å². The zero-order chi connectivity index (χ0) is 31.7. The van der Waals surface area contributed by atoms with Crippen molar-refractivity contribution >= 4 is 61.0 Å². The van der Waals surface area contributed by atoms with Crippen LogP contribution in [0.3, 0.4) is 0 Å². The molecule has 7 heteroatoms. The molecule has 3 aromatic carbocycles. The Hall–Kier alpha value is -2.31. The highest BCUT2D eigenvalue weighted by atomic mass is 127. The third-order valence-corrected chi connectivity index (χ3v) is 15.0. The van der Waals surface area contributed by atoms with Gasteiger partial charge in [-0.3, -0.25) is 9.69 Å². The molecule has 0 aliphatic heterocycles. The maximum Gasteiger partial charge on any atom is 0.261 e. The Labute approximate surface area is 275 Å². The summed E-state index contributed by atoms with van der Waals surface area (Å²) in [6, 6.07) is 30.1. The summed E-state index contributed by atoms with van der Waals surface area (Å²) >= 11 is 2.30. The largest absolute Gasteiger partial charge is 0.403 e. The molecule has 0 aliphatic carbocycles. The number of ether oxygens (including phenoxy) is 1. The van der Waals surface area contributed by atoms with Gasteiger partial charge in [-0.2, -0.15) is 0 Å². The molecule has 0 saturated heterocycles. The molecule has 0 radical (unpaired) electrons. The second-order valence-corrected chi connectivity index (χ2v) is 24.5. The first kappa shape index (κ1) is 35.2. The molecular formula is C36H48INO3Si2. The van der Waals surface area contributed by atoms with Crippen LogP contribution in [0.2, 0.25) is 30.7 Å². The summed E-state index contributed by atoms with van der Waals surface area (Å²) in [5.41, 5.74) is 2.56. The maximum absolute atomic E-state index is 14.5. The molecule has 3 rings (SSSR count). The lowest BCUT2D eigenvalue weighted by molar-refractivity contribution is -0.116. The summed E-state index contributed by atoms with van der Waals surface area (Å²) in [7, 11) is -4.13. The fourth-order valence-electron chi connectivity index (χ4n) is 5.01. The highest BCUT2D eigenvalue weighted by Gasteiger charge is 2.50. The van der Waals surface area contributed by atoms with E-state index in [9.17, 15) is 4.79 Å². The van der Waals surface area contributed by atoms with E-state index in [1.54, 1.807) is 4.90 Å². The third-order valence-electron chi connectivity index (χ3n) is 7.36. The van der Waals surface area contributed by atoms with Gasteiger partial charge in [0.05, 0.1) is 12.3 Å². The van der Waals surface area contributed by atoms with Crippen LogP contribution < -0.4 is 15.3 Å². The van der Waals surface area contributed by atoms with E-state index in [0.29, 0.717) is 12.2 Å². The molecule has 0 aliphatic rings. The van der Waals surface area contributed by atoms with E-state index in [1.165, 1.54) is 10.4 Å².